The van der Waals surface area contributed by atoms with Gasteiger partial charge in [-0.3, -0.25) is 4.90 Å². The van der Waals surface area contributed by atoms with Crippen LogP contribution in [0.3, 0.4) is 0 Å². The summed E-state index contributed by atoms with van der Waals surface area (Å²) in [4.78, 5) is 2.14. The Morgan fingerprint density at radius 3 is 2.67 bits per heavy atom. The summed E-state index contributed by atoms with van der Waals surface area (Å²) in [6, 6.07) is 3.59. The van der Waals surface area contributed by atoms with E-state index >= 15 is 0 Å². The molecule has 2 rings (SSSR count). The fourth-order valence-electron chi connectivity index (χ4n) is 2.77. The number of nitrogens with one attached hydrogen (secondary N) is 1. The predicted molar refractivity (Wildman–Crippen MR) is 73.4 cm³/mol. The van der Waals surface area contributed by atoms with Crippen LogP contribution < -0.4 is 5.32 Å². The van der Waals surface area contributed by atoms with Gasteiger partial charge in [-0.05, 0) is 43.6 Å². The van der Waals surface area contributed by atoms with Crippen LogP contribution in [0, 0.1) is 5.82 Å². The minimum Gasteiger partial charge on any atom is -0.315 e. The van der Waals surface area contributed by atoms with Crippen molar-refractivity contribution in [1.29, 1.82) is 0 Å². The second kappa shape index (κ2) is 6.75. The van der Waals surface area contributed by atoms with Crippen LogP contribution in [-0.2, 0) is 12.7 Å². The Kier molecular flexibility index (Phi) is 5.22. The highest BCUT2D eigenvalue weighted by atomic mass is 19.4. The first kappa shape index (κ1) is 16.2. The van der Waals surface area contributed by atoms with Crippen molar-refractivity contribution in [2.45, 2.75) is 38.5 Å². The van der Waals surface area contributed by atoms with E-state index < -0.39 is 17.6 Å². The van der Waals surface area contributed by atoms with E-state index in [-0.39, 0.29) is 0 Å². The van der Waals surface area contributed by atoms with Crippen LogP contribution in [0.15, 0.2) is 18.2 Å². The van der Waals surface area contributed by atoms with Crippen molar-refractivity contribution in [2.75, 3.05) is 19.6 Å². The number of halogens is 4. The summed E-state index contributed by atoms with van der Waals surface area (Å²) in [5, 5.41) is 3.30. The smallest absolute Gasteiger partial charge is 0.315 e. The van der Waals surface area contributed by atoms with Gasteiger partial charge < -0.3 is 5.32 Å². The Labute approximate surface area is 122 Å². The minimum atomic E-state index is -4.65. The Morgan fingerprint density at radius 1 is 1.33 bits per heavy atom. The SMILES string of the molecule is CCN(Cc1ccc(F)c(C(F)(F)F)c1)C1CCCNC1. The van der Waals surface area contributed by atoms with Crippen LogP contribution in [0.4, 0.5) is 17.6 Å². The molecule has 0 radical (unpaired) electrons. The normalized spacial score (nSPS) is 20.0. The lowest BCUT2D eigenvalue weighted by Crippen LogP contribution is -2.45. The van der Waals surface area contributed by atoms with Crippen LogP contribution in [-0.4, -0.2) is 30.6 Å². The number of piperidine rings is 1. The van der Waals surface area contributed by atoms with E-state index in [0.29, 0.717) is 18.2 Å². The lowest BCUT2D eigenvalue weighted by atomic mass is 10.0. The molecule has 0 aliphatic carbocycles. The van der Waals surface area contributed by atoms with E-state index in [9.17, 15) is 17.6 Å². The molecule has 118 valence electrons. The molecule has 6 heteroatoms. The Bertz CT molecular complexity index is 467. The van der Waals surface area contributed by atoms with Crippen molar-refractivity contribution in [3.05, 3.63) is 35.1 Å². The van der Waals surface area contributed by atoms with Crippen molar-refractivity contribution in [3.63, 3.8) is 0 Å². The third-order valence-electron chi connectivity index (χ3n) is 3.92. The highest BCUT2D eigenvalue weighted by Gasteiger charge is 2.34. The monoisotopic (exact) mass is 304 g/mol. The van der Waals surface area contributed by atoms with Crippen molar-refractivity contribution < 1.29 is 17.6 Å². The zero-order chi connectivity index (χ0) is 15.5. The second-order valence-corrected chi connectivity index (χ2v) is 5.38. The van der Waals surface area contributed by atoms with E-state index in [1.807, 2.05) is 6.92 Å². The Hall–Kier alpha value is -1.14. The molecule has 0 saturated carbocycles. The molecular formula is C15H20F4N2. The maximum Gasteiger partial charge on any atom is 0.419 e. The fraction of sp³-hybridized carbons (Fsp3) is 0.600. The Balaban J connectivity index is 2.14. The van der Waals surface area contributed by atoms with E-state index in [4.69, 9.17) is 0 Å². The van der Waals surface area contributed by atoms with Crippen molar-refractivity contribution in [2.24, 2.45) is 0 Å². The molecular weight excluding hydrogens is 284 g/mol. The molecule has 1 aromatic carbocycles. The summed E-state index contributed by atoms with van der Waals surface area (Å²) >= 11 is 0. The highest BCUT2D eigenvalue weighted by molar-refractivity contribution is 5.27. The number of alkyl halides is 3. The predicted octanol–water partition coefficient (Wildman–Crippen LogP) is 3.42. The summed E-state index contributed by atoms with van der Waals surface area (Å²) < 4.78 is 51.5. The van der Waals surface area contributed by atoms with Gasteiger partial charge in [0.05, 0.1) is 5.56 Å². The number of hydrogen-bond donors (Lipinski definition) is 1. The molecule has 0 spiro atoms. The van der Waals surface area contributed by atoms with Gasteiger partial charge in [-0.15, -0.1) is 0 Å². The zero-order valence-corrected chi connectivity index (χ0v) is 12.0. The third kappa shape index (κ3) is 4.17. The van der Waals surface area contributed by atoms with E-state index in [0.717, 1.165) is 44.6 Å². The summed E-state index contributed by atoms with van der Waals surface area (Å²) in [5.41, 5.74) is -0.686. The number of nitrogens with zero attached hydrogens (tertiary/aromatic N) is 1. The fourth-order valence-corrected chi connectivity index (χ4v) is 2.77. The van der Waals surface area contributed by atoms with Crippen LogP contribution in [0.5, 0.6) is 0 Å². The van der Waals surface area contributed by atoms with Crippen LogP contribution >= 0.6 is 0 Å². The average Bonchev–Trinajstić information content (AvgIpc) is 2.46. The summed E-state index contributed by atoms with van der Waals surface area (Å²) in [6.07, 6.45) is -2.55. The van der Waals surface area contributed by atoms with Gasteiger partial charge in [0.2, 0.25) is 0 Å². The van der Waals surface area contributed by atoms with Gasteiger partial charge in [0, 0.05) is 19.1 Å². The summed E-state index contributed by atoms with van der Waals surface area (Å²) in [5.74, 6) is -1.21. The highest BCUT2D eigenvalue weighted by Crippen LogP contribution is 2.32. The molecule has 1 aliphatic heterocycles. The van der Waals surface area contributed by atoms with Gasteiger partial charge in [-0.25, -0.2) is 4.39 Å². The van der Waals surface area contributed by atoms with E-state index in [2.05, 4.69) is 10.2 Å². The first-order valence-electron chi connectivity index (χ1n) is 7.22. The standard InChI is InChI=1S/C15H20F4N2/c1-2-21(12-4-3-7-20-9-12)10-11-5-6-14(16)13(8-11)15(17,18)19/h5-6,8,12,20H,2-4,7,9-10H2,1H3. The van der Waals surface area contributed by atoms with Crippen molar-refractivity contribution in [3.8, 4) is 0 Å². The van der Waals surface area contributed by atoms with Gasteiger partial charge in [0.1, 0.15) is 5.82 Å². The number of hydrogen-bond acceptors (Lipinski definition) is 2. The molecule has 0 bridgehead atoms. The summed E-state index contributed by atoms with van der Waals surface area (Å²) in [7, 11) is 0. The first-order chi connectivity index (χ1) is 9.91. The van der Waals surface area contributed by atoms with Gasteiger partial charge in [0.25, 0.3) is 0 Å². The van der Waals surface area contributed by atoms with Crippen LogP contribution in [0.1, 0.15) is 30.9 Å². The molecule has 1 N–H and O–H groups in total. The maximum atomic E-state index is 13.3. The molecule has 1 saturated heterocycles. The maximum absolute atomic E-state index is 13.3. The lowest BCUT2D eigenvalue weighted by molar-refractivity contribution is -0.140. The van der Waals surface area contributed by atoms with Crippen LogP contribution in [0.25, 0.3) is 0 Å². The zero-order valence-electron chi connectivity index (χ0n) is 12.0. The van der Waals surface area contributed by atoms with Gasteiger partial charge in [-0.1, -0.05) is 13.0 Å². The summed E-state index contributed by atoms with van der Waals surface area (Å²) in [6.45, 7) is 4.99. The molecule has 1 aliphatic rings. The molecule has 1 aromatic rings. The number of likely N-dealkylation sites (N-methyl/N-ethyl adjacent to an activating group) is 1. The van der Waals surface area contributed by atoms with E-state index in [1.165, 1.54) is 6.07 Å². The van der Waals surface area contributed by atoms with Crippen LogP contribution in [0.2, 0.25) is 0 Å². The molecule has 21 heavy (non-hydrogen) atoms. The van der Waals surface area contributed by atoms with Gasteiger partial charge in [-0.2, -0.15) is 13.2 Å². The molecule has 1 heterocycles. The molecule has 1 atom stereocenters. The molecule has 2 nitrogen and oxygen atoms in total. The molecule has 0 aromatic heterocycles. The lowest BCUT2D eigenvalue weighted by Gasteiger charge is -2.34. The van der Waals surface area contributed by atoms with Gasteiger partial charge in [0.15, 0.2) is 0 Å². The molecule has 0 amide bonds. The van der Waals surface area contributed by atoms with Crippen molar-refractivity contribution >= 4 is 0 Å². The largest absolute Gasteiger partial charge is 0.419 e. The minimum absolute atomic E-state index is 0.322. The first-order valence-corrected chi connectivity index (χ1v) is 7.22. The number of rotatable bonds is 4. The van der Waals surface area contributed by atoms with Crippen molar-refractivity contribution in [1.82, 2.24) is 10.2 Å². The van der Waals surface area contributed by atoms with E-state index in [1.54, 1.807) is 0 Å². The third-order valence-corrected chi connectivity index (χ3v) is 3.92. The molecule has 1 unspecified atom stereocenters. The molecule has 1 fully saturated rings. The number of benzene rings is 1. The quantitative estimate of drug-likeness (QED) is 0.858. The topological polar surface area (TPSA) is 15.3 Å². The second-order valence-electron chi connectivity index (χ2n) is 5.38. The Morgan fingerprint density at radius 2 is 2.10 bits per heavy atom. The average molecular weight is 304 g/mol. The van der Waals surface area contributed by atoms with Gasteiger partial charge >= 0.3 is 6.18 Å².